The first-order chi connectivity index (χ1) is 6.83. The third-order valence-electron chi connectivity index (χ3n) is 3.91. The highest BCUT2D eigenvalue weighted by molar-refractivity contribution is 5.24. The molecule has 0 unspecified atom stereocenters. The maximum absolute atomic E-state index is 3.60. The van der Waals surface area contributed by atoms with E-state index in [0.29, 0.717) is 0 Å². The number of hydrogen-bond acceptors (Lipinski definition) is 0. The second-order valence-electron chi connectivity index (χ2n) is 5.76. The van der Waals surface area contributed by atoms with E-state index in [0.717, 1.165) is 0 Å². The van der Waals surface area contributed by atoms with Gasteiger partial charge in [-0.2, -0.15) is 0 Å². The lowest BCUT2D eigenvalue weighted by Gasteiger charge is -2.24. The van der Waals surface area contributed by atoms with Crippen molar-refractivity contribution in [3.63, 3.8) is 0 Å². The molecule has 1 N–H and O–H groups in total. The summed E-state index contributed by atoms with van der Waals surface area (Å²) in [4.78, 5) is 3.60. The molecule has 1 heterocycles. The average molecular weight is 207 g/mol. The summed E-state index contributed by atoms with van der Waals surface area (Å²) in [5, 5.41) is 0. The van der Waals surface area contributed by atoms with Crippen molar-refractivity contribution in [2.24, 2.45) is 0 Å². The van der Waals surface area contributed by atoms with E-state index in [2.05, 4.69) is 58.7 Å². The van der Waals surface area contributed by atoms with E-state index in [9.17, 15) is 0 Å². The summed E-state index contributed by atoms with van der Waals surface area (Å²) in [6.45, 7) is 13.7. The molecule has 0 aliphatic rings. The molecule has 0 amide bonds. The summed E-state index contributed by atoms with van der Waals surface area (Å²) >= 11 is 0. The monoisotopic (exact) mass is 207 g/mol. The number of aromatic amines is 1. The van der Waals surface area contributed by atoms with Crippen LogP contribution in [-0.2, 0) is 10.8 Å². The fourth-order valence-electron chi connectivity index (χ4n) is 1.57. The van der Waals surface area contributed by atoms with Gasteiger partial charge in [-0.3, -0.25) is 0 Å². The lowest BCUT2D eigenvalue weighted by atomic mass is 9.86. The summed E-state index contributed by atoms with van der Waals surface area (Å²) in [5.41, 5.74) is 3.26. The number of H-pyrrole nitrogens is 1. The molecular formula is C14H25N. The van der Waals surface area contributed by atoms with Crippen molar-refractivity contribution < 1.29 is 0 Å². The molecule has 0 aliphatic heterocycles. The molecule has 0 aliphatic carbocycles. The summed E-state index contributed by atoms with van der Waals surface area (Å²) in [6, 6.07) is 4.49. The highest BCUT2D eigenvalue weighted by atomic mass is 14.8. The van der Waals surface area contributed by atoms with Crippen LogP contribution < -0.4 is 0 Å². The Morgan fingerprint density at radius 3 is 1.47 bits per heavy atom. The van der Waals surface area contributed by atoms with Crippen molar-refractivity contribution in [2.75, 3.05) is 0 Å². The molecule has 0 radical (unpaired) electrons. The molecule has 1 heteroatoms. The van der Waals surface area contributed by atoms with E-state index in [1.165, 1.54) is 24.2 Å². The smallest absolute Gasteiger partial charge is 0.0206 e. The Morgan fingerprint density at radius 2 is 1.20 bits per heavy atom. The first kappa shape index (κ1) is 12.4. The van der Waals surface area contributed by atoms with Gasteiger partial charge >= 0.3 is 0 Å². The van der Waals surface area contributed by atoms with E-state index in [1.807, 2.05) is 0 Å². The van der Waals surface area contributed by atoms with Crippen LogP contribution >= 0.6 is 0 Å². The van der Waals surface area contributed by atoms with Gasteiger partial charge in [0.15, 0.2) is 0 Å². The Labute approximate surface area is 94.3 Å². The number of hydrogen-bond donors (Lipinski definition) is 1. The fourth-order valence-corrected chi connectivity index (χ4v) is 1.57. The molecule has 0 fully saturated rings. The van der Waals surface area contributed by atoms with E-state index in [4.69, 9.17) is 0 Å². The van der Waals surface area contributed by atoms with Crippen LogP contribution in [0.4, 0.5) is 0 Å². The van der Waals surface area contributed by atoms with Crippen LogP contribution in [0.1, 0.15) is 65.8 Å². The maximum Gasteiger partial charge on any atom is 0.0206 e. The van der Waals surface area contributed by atoms with Crippen LogP contribution in [-0.4, -0.2) is 4.98 Å². The number of nitrogens with one attached hydrogen (secondary N) is 1. The molecular weight excluding hydrogens is 182 g/mol. The van der Waals surface area contributed by atoms with Gasteiger partial charge < -0.3 is 4.98 Å². The third-order valence-corrected chi connectivity index (χ3v) is 3.91. The summed E-state index contributed by atoms with van der Waals surface area (Å²) in [6.07, 6.45) is 2.33. The van der Waals surface area contributed by atoms with E-state index in [1.54, 1.807) is 0 Å². The van der Waals surface area contributed by atoms with Crippen LogP contribution in [0.15, 0.2) is 12.1 Å². The fraction of sp³-hybridized carbons (Fsp3) is 0.714. The zero-order valence-electron chi connectivity index (χ0n) is 11.1. The second kappa shape index (κ2) is 4.03. The highest BCUT2D eigenvalue weighted by Gasteiger charge is 2.24. The zero-order chi connectivity index (χ0) is 11.7. The number of rotatable bonds is 4. The van der Waals surface area contributed by atoms with Crippen molar-refractivity contribution in [2.45, 2.75) is 65.2 Å². The molecule has 0 bridgehead atoms. The highest BCUT2D eigenvalue weighted by Crippen LogP contribution is 2.31. The predicted octanol–water partition coefficient (Wildman–Crippen LogP) is 4.39. The molecule has 0 aromatic carbocycles. The summed E-state index contributed by atoms with van der Waals surface area (Å²) in [5.74, 6) is 0. The van der Waals surface area contributed by atoms with Gasteiger partial charge in [-0.15, -0.1) is 0 Å². The van der Waals surface area contributed by atoms with Gasteiger partial charge in [-0.05, 0) is 25.0 Å². The van der Waals surface area contributed by atoms with E-state index in [-0.39, 0.29) is 10.8 Å². The lowest BCUT2D eigenvalue weighted by Crippen LogP contribution is -2.19. The summed E-state index contributed by atoms with van der Waals surface area (Å²) < 4.78 is 0. The first-order valence-corrected chi connectivity index (χ1v) is 6.03. The molecule has 1 aromatic rings. The minimum Gasteiger partial charge on any atom is -0.361 e. The topological polar surface area (TPSA) is 15.8 Å². The molecule has 15 heavy (non-hydrogen) atoms. The Hall–Kier alpha value is -0.720. The first-order valence-electron chi connectivity index (χ1n) is 6.03. The quantitative estimate of drug-likeness (QED) is 0.753. The molecule has 1 nitrogen and oxygen atoms in total. The van der Waals surface area contributed by atoms with Gasteiger partial charge in [0.2, 0.25) is 0 Å². The Balaban J connectivity index is 3.00. The average Bonchev–Trinajstić information content (AvgIpc) is 2.67. The third kappa shape index (κ3) is 2.45. The lowest BCUT2D eigenvalue weighted by molar-refractivity contribution is 0.469. The van der Waals surface area contributed by atoms with Gasteiger partial charge in [0, 0.05) is 22.2 Å². The van der Waals surface area contributed by atoms with Crippen molar-refractivity contribution in [1.29, 1.82) is 0 Å². The van der Waals surface area contributed by atoms with Crippen LogP contribution in [0.3, 0.4) is 0 Å². The minimum atomic E-state index is 0.266. The van der Waals surface area contributed by atoms with Gasteiger partial charge in [-0.25, -0.2) is 0 Å². The largest absolute Gasteiger partial charge is 0.361 e. The van der Waals surface area contributed by atoms with Gasteiger partial charge in [0.25, 0.3) is 0 Å². The Kier molecular flexibility index (Phi) is 3.32. The van der Waals surface area contributed by atoms with Crippen molar-refractivity contribution in [1.82, 2.24) is 4.98 Å². The molecule has 0 saturated heterocycles. The van der Waals surface area contributed by atoms with Crippen LogP contribution in [0.5, 0.6) is 0 Å². The van der Waals surface area contributed by atoms with Crippen LogP contribution in [0, 0.1) is 0 Å². The maximum atomic E-state index is 3.60. The molecule has 1 aromatic heterocycles. The number of aromatic nitrogens is 1. The van der Waals surface area contributed by atoms with Crippen LogP contribution in [0.25, 0.3) is 0 Å². The second-order valence-corrected chi connectivity index (χ2v) is 5.76. The van der Waals surface area contributed by atoms with Crippen LogP contribution in [0.2, 0.25) is 0 Å². The van der Waals surface area contributed by atoms with Crippen molar-refractivity contribution >= 4 is 0 Å². The molecule has 0 atom stereocenters. The molecule has 1 rings (SSSR count). The SMILES string of the molecule is CCC(C)(C)c1ccc(C(C)(C)CC)[nH]1. The summed E-state index contributed by atoms with van der Waals surface area (Å²) in [7, 11) is 0. The van der Waals surface area contributed by atoms with Crippen molar-refractivity contribution in [3.05, 3.63) is 23.5 Å². The predicted molar refractivity (Wildman–Crippen MR) is 67.4 cm³/mol. The molecule has 0 saturated carbocycles. The Morgan fingerprint density at radius 1 is 0.867 bits per heavy atom. The van der Waals surface area contributed by atoms with Crippen molar-refractivity contribution in [3.8, 4) is 0 Å². The van der Waals surface area contributed by atoms with Gasteiger partial charge in [0.1, 0.15) is 0 Å². The normalized spacial score (nSPS) is 13.2. The van der Waals surface area contributed by atoms with Gasteiger partial charge in [0.05, 0.1) is 0 Å². The minimum absolute atomic E-state index is 0.266. The molecule has 0 spiro atoms. The van der Waals surface area contributed by atoms with E-state index >= 15 is 0 Å². The van der Waals surface area contributed by atoms with Gasteiger partial charge in [-0.1, -0.05) is 41.5 Å². The molecule has 86 valence electrons. The van der Waals surface area contributed by atoms with E-state index < -0.39 is 0 Å². The zero-order valence-corrected chi connectivity index (χ0v) is 11.1. The standard InChI is InChI=1S/C14H25N/c1-7-13(3,4)11-9-10-12(15-11)14(5,6)8-2/h9-10,15H,7-8H2,1-6H3. The Bertz CT molecular complexity index is 287.